The molecule has 0 rings (SSSR count). The van der Waals surface area contributed by atoms with Crippen molar-refractivity contribution in [1.82, 2.24) is 5.06 Å². The number of aliphatic hydroxyl groups is 1. The summed E-state index contributed by atoms with van der Waals surface area (Å²) in [5.41, 5.74) is 5.25. The molecule has 6 heteroatoms. The summed E-state index contributed by atoms with van der Waals surface area (Å²) in [4.78, 5) is 15.8. The summed E-state index contributed by atoms with van der Waals surface area (Å²) in [7, 11) is 0. The van der Waals surface area contributed by atoms with Gasteiger partial charge in [0.15, 0.2) is 6.10 Å². The first-order valence-electron chi connectivity index (χ1n) is 5.50. The molecule has 0 aliphatic carbocycles. The van der Waals surface area contributed by atoms with Crippen molar-refractivity contribution < 1.29 is 14.7 Å². The lowest BCUT2D eigenvalue weighted by Gasteiger charge is -2.21. The molecule has 0 aliphatic rings. The smallest absolute Gasteiger partial charge is 0.360 e. The van der Waals surface area contributed by atoms with Crippen LogP contribution in [0.3, 0.4) is 0 Å². The molecule has 0 heterocycles. The Bertz CT molecular complexity index is 231. The third-order valence-corrected chi connectivity index (χ3v) is 2.02. The number of hydroxylamine groups is 2. The predicted molar refractivity (Wildman–Crippen MR) is 60.5 cm³/mol. The van der Waals surface area contributed by atoms with E-state index in [4.69, 9.17) is 21.1 Å². The largest absolute Gasteiger partial charge is 0.382 e. The molecule has 0 saturated carbocycles. The number of nitrogens with zero attached hydrogens (tertiary/aromatic N) is 1. The molecule has 0 aliphatic heterocycles. The van der Waals surface area contributed by atoms with E-state index in [0.717, 1.165) is 30.7 Å². The van der Waals surface area contributed by atoms with Gasteiger partial charge in [0, 0.05) is 0 Å². The van der Waals surface area contributed by atoms with E-state index in [2.05, 4.69) is 6.92 Å². The maximum atomic E-state index is 11.1. The Hall–Kier alpha value is -1.30. The summed E-state index contributed by atoms with van der Waals surface area (Å²) in [6.45, 7) is 3.78. The van der Waals surface area contributed by atoms with Crippen molar-refractivity contribution in [1.29, 1.82) is 5.41 Å². The second-order valence-corrected chi connectivity index (χ2v) is 3.63. The fraction of sp³-hybridized carbons (Fsp3) is 0.800. The van der Waals surface area contributed by atoms with Gasteiger partial charge in [0.05, 0.1) is 6.54 Å². The highest BCUT2D eigenvalue weighted by Gasteiger charge is 2.17. The second kappa shape index (κ2) is 7.92. The van der Waals surface area contributed by atoms with E-state index >= 15 is 0 Å². The average Bonchev–Trinajstić information content (AvgIpc) is 2.21. The first-order valence-corrected chi connectivity index (χ1v) is 5.50. The van der Waals surface area contributed by atoms with Crippen LogP contribution in [0.25, 0.3) is 0 Å². The molecule has 0 spiro atoms. The number of hydrogen-bond acceptors (Lipinski definition) is 4. The summed E-state index contributed by atoms with van der Waals surface area (Å²) >= 11 is 0. The lowest BCUT2D eigenvalue weighted by atomic mass is 10.2. The third kappa shape index (κ3) is 6.23. The highest BCUT2D eigenvalue weighted by atomic mass is 16.7. The minimum absolute atomic E-state index is 0.328. The molecule has 0 aromatic rings. The van der Waals surface area contributed by atoms with E-state index in [1.807, 2.05) is 0 Å². The van der Waals surface area contributed by atoms with Gasteiger partial charge in [0.2, 0.25) is 5.96 Å². The van der Waals surface area contributed by atoms with Gasteiger partial charge in [-0.2, -0.15) is 5.06 Å². The van der Waals surface area contributed by atoms with Crippen molar-refractivity contribution in [3.05, 3.63) is 0 Å². The number of carbonyl (C=O) groups is 1. The highest BCUT2D eigenvalue weighted by molar-refractivity contribution is 5.78. The minimum atomic E-state index is -1.21. The zero-order chi connectivity index (χ0) is 12.6. The fourth-order valence-electron chi connectivity index (χ4n) is 1.08. The SMILES string of the molecule is CCCCCCN(OC(=O)C(C)O)C(=N)N. The molecule has 1 unspecified atom stereocenters. The normalized spacial score (nSPS) is 11.9. The first-order chi connectivity index (χ1) is 7.49. The number of carbonyl (C=O) groups excluding carboxylic acids is 1. The van der Waals surface area contributed by atoms with Gasteiger partial charge in [-0.25, -0.2) is 4.79 Å². The maximum absolute atomic E-state index is 11.1. The summed E-state index contributed by atoms with van der Waals surface area (Å²) in [6, 6.07) is 0. The quantitative estimate of drug-likeness (QED) is 0.269. The first kappa shape index (κ1) is 14.7. The van der Waals surface area contributed by atoms with Gasteiger partial charge >= 0.3 is 5.97 Å². The summed E-state index contributed by atoms with van der Waals surface area (Å²) in [5, 5.41) is 17.2. The van der Waals surface area contributed by atoms with Crippen LogP contribution in [0.4, 0.5) is 0 Å². The lowest BCUT2D eigenvalue weighted by molar-refractivity contribution is -0.182. The van der Waals surface area contributed by atoms with Gasteiger partial charge in [0.1, 0.15) is 0 Å². The van der Waals surface area contributed by atoms with Crippen LogP contribution < -0.4 is 5.73 Å². The number of aliphatic hydroxyl groups excluding tert-OH is 1. The van der Waals surface area contributed by atoms with Crippen molar-refractivity contribution in [3.63, 3.8) is 0 Å². The van der Waals surface area contributed by atoms with Crippen molar-refractivity contribution in [2.45, 2.75) is 45.6 Å². The second-order valence-electron chi connectivity index (χ2n) is 3.63. The predicted octanol–water partition coefficient (Wildman–Crippen LogP) is 0.601. The van der Waals surface area contributed by atoms with Crippen LogP contribution in [0.15, 0.2) is 0 Å². The minimum Gasteiger partial charge on any atom is -0.382 e. The van der Waals surface area contributed by atoms with Crippen LogP contribution in [-0.4, -0.2) is 34.7 Å². The standard InChI is InChI=1S/C10H21N3O3/c1-3-4-5-6-7-13(10(11)12)16-9(15)8(2)14/h8,14H,3-7H2,1-2H3,(H3,11,12). The molecule has 1 atom stereocenters. The fourth-order valence-corrected chi connectivity index (χ4v) is 1.08. The lowest BCUT2D eigenvalue weighted by Crippen LogP contribution is -2.41. The maximum Gasteiger partial charge on any atom is 0.360 e. The Balaban J connectivity index is 3.98. The zero-order valence-electron chi connectivity index (χ0n) is 9.90. The number of hydrogen-bond donors (Lipinski definition) is 3. The van der Waals surface area contributed by atoms with E-state index in [0.29, 0.717) is 6.54 Å². The highest BCUT2D eigenvalue weighted by Crippen LogP contribution is 2.02. The average molecular weight is 231 g/mol. The number of rotatable bonds is 6. The summed E-state index contributed by atoms with van der Waals surface area (Å²) in [5.74, 6) is -1.13. The van der Waals surface area contributed by atoms with Crippen LogP contribution in [-0.2, 0) is 9.63 Å². The third-order valence-electron chi connectivity index (χ3n) is 2.02. The molecule has 0 aromatic carbocycles. The Morgan fingerprint density at radius 3 is 2.56 bits per heavy atom. The summed E-state index contributed by atoms with van der Waals surface area (Å²) in [6.07, 6.45) is 2.77. The van der Waals surface area contributed by atoms with Gasteiger partial charge in [0.25, 0.3) is 0 Å². The van der Waals surface area contributed by atoms with Crippen LogP contribution in [0, 0.1) is 5.41 Å². The number of nitrogens with one attached hydrogen (secondary N) is 1. The van der Waals surface area contributed by atoms with Gasteiger partial charge in [-0.05, 0) is 13.3 Å². The molecule has 0 radical (unpaired) electrons. The van der Waals surface area contributed by atoms with Crippen LogP contribution in [0.2, 0.25) is 0 Å². The van der Waals surface area contributed by atoms with Crippen LogP contribution >= 0.6 is 0 Å². The molecule has 94 valence electrons. The van der Waals surface area contributed by atoms with Crippen LogP contribution in [0.5, 0.6) is 0 Å². The van der Waals surface area contributed by atoms with E-state index < -0.39 is 12.1 Å². The molecule has 0 amide bonds. The van der Waals surface area contributed by atoms with Crippen molar-refractivity contribution in [2.24, 2.45) is 5.73 Å². The molecule has 0 fully saturated rings. The van der Waals surface area contributed by atoms with Crippen molar-refractivity contribution in [2.75, 3.05) is 6.54 Å². The molecule has 0 saturated heterocycles. The number of nitrogens with two attached hydrogens (primary N) is 1. The number of unbranched alkanes of at least 4 members (excludes halogenated alkanes) is 3. The topological polar surface area (TPSA) is 99.6 Å². The molecular formula is C10H21N3O3. The molecule has 0 aromatic heterocycles. The van der Waals surface area contributed by atoms with Gasteiger partial charge < -0.3 is 15.7 Å². The van der Waals surface area contributed by atoms with Gasteiger partial charge in [-0.15, -0.1) is 0 Å². The Morgan fingerprint density at radius 1 is 1.50 bits per heavy atom. The Labute approximate surface area is 95.8 Å². The van der Waals surface area contributed by atoms with Gasteiger partial charge in [-0.1, -0.05) is 26.2 Å². The Kier molecular flexibility index (Phi) is 7.28. The Morgan fingerprint density at radius 2 is 2.12 bits per heavy atom. The monoisotopic (exact) mass is 231 g/mol. The molecule has 6 nitrogen and oxygen atoms in total. The van der Waals surface area contributed by atoms with Crippen molar-refractivity contribution in [3.8, 4) is 0 Å². The number of guanidine groups is 1. The summed E-state index contributed by atoms with van der Waals surface area (Å²) < 4.78 is 0. The zero-order valence-corrected chi connectivity index (χ0v) is 9.90. The molecule has 0 bridgehead atoms. The van der Waals surface area contributed by atoms with Crippen molar-refractivity contribution >= 4 is 11.9 Å². The van der Waals surface area contributed by atoms with E-state index in [-0.39, 0.29) is 5.96 Å². The molecule has 4 N–H and O–H groups in total. The molecular weight excluding hydrogens is 210 g/mol. The van der Waals surface area contributed by atoms with E-state index in [1.165, 1.54) is 6.92 Å². The van der Waals surface area contributed by atoms with E-state index in [9.17, 15) is 4.79 Å². The van der Waals surface area contributed by atoms with Crippen LogP contribution in [0.1, 0.15) is 39.5 Å². The van der Waals surface area contributed by atoms with Gasteiger partial charge in [-0.3, -0.25) is 5.41 Å². The van der Waals surface area contributed by atoms with E-state index in [1.54, 1.807) is 0 Å². The molecule has 16 heavy (non-hydrogen) atoms.